The Morgan fingerprint density at radius 2 is 2.16 bits per heavy atom. The zero-order valence-electron chi connectivity index (χ0n) is 11.6. The average molecular weight is 266 g/mol. The van der Waals surface area contributed by atoms with E-state index in [0.717, 1.165) is 18.7 Å². The number of aliphatic hydroxyl groups is 1. The van der Waals surface area contributed by atoms with Crippen LogP contribution in [0.25, 0.3) is 0 Å². The molecule has 1 heterocycles. The van der Waals surface area contributed by atoms with Crippen molar-refractivity contribution in [2.24, 2.45) is 0 Å². The van der Waals surface area contributed by atoms with Crippen molar-refractivity contribution in [1.29, 1.82) is 0 Å². The summed E-state index contributed by atoms with van der Waals surface area (Å²) in [7, 11) is 3.43. The highest BCUT2D eigenvalue weighted by atomic mass is 16.5. The lowest BCUT2D eigenvalue weighted by molar-refractivity contribution is 0.296. The van der Waals surface area contributed by atoms with Crippen LogP contribution < -0.4 is 15.0 Å². The van der Waals surface area contributed by atoms with E-state index in [0.29, 0.717) is 24.2 Å². The number of anilines is 2. The Hall–Kier alpha value is -1.56. The van der Waals surface area contributed by atoms with Gasteiger partial charge in [-0.2, -0.15) is 0 Å². The summed E-state index contributed by atoms with van der Waals surface area (Å²) in [5.41, 5.74) is 0. The van der Waals surface area contributed by atoms with Gasteiger partial charge in [-0.15, -0.1) is 0 Å². The van der Waals surface area contributed by atoms with Crippen LogP contribution in [0.2, 0.25) is 0 Å². The quantitative estimate of drug-likeness (QED) is 0.808. The predicted molar refractivity (Wildman–Crippen MR) is 74.8 cm³/mol. The van der Waals surface area contributed by atoms with Crippen molar-refractivity contribution in [2.75, 3.05) is 37.5 Å². The van der Waals surface area contributed by atoms with E-state index in [2.05, 4.69) is 20.2 Å². The molecule has 19 heavy (non-hydrogen) atoms. The molecule has 0 saturated heterocycles. The smallest absolute Gasteiger partial charge is 0.204 e. The summed E-state index contributed by atoms with van der Waals surface area (Å²) >= 11 is 0. The number of aliphatic hydroxyl groups excluding tert-OH is 1. The molecule has 6 nitrogen and oxygen atoms in total. The first-order chi connectivity index (χ1) is 9.31. The van der Waals surface area contributed by atoms with Crippen molar-refractivity contribution in [1.82, 2.24) is 9.97 Å². The van der Waals surface area contributed by atoms with Crippen LogP contribution in [0, 0.1) is 0 Å². The third-order valence-electron chi connectivity index (χ3n) is 3.60. The van der Waals surface area contributed by atoms with Gasteiger partial charge in [-0.05, 0) is 12.8 Å². The Balaban J connectivity index is 2.34. The monoisotopic (exact) mass is 266 g/mol. The minimum absolute atomic E-state index is 0.110. The van der Waals surface area contributed by atoms with Crippen LogP contribution in [0.1, 0.15) is 25.7 Å². The number of methoxy groups -OCH3 is 1. The minimum atomic E-state index is 0.110. The van der Waals surface area contributed by atoms with Gasteiger partial charge in [0.2, 0.25) is 5.75 Å². The zero-order chi connectivity index (χ0) is 13.7. The minimum Gasteiger partial charge on any atom is -0.490 e. The fourth-order valence-electron chi connectivity index (χ4n) is 2.72. The van der Waals surface area contributed by atoms with E-state index in [1.165, 1.54) is 19.2 Å². The van der Waals surface area contributed by atoms with Gasteiger partial charge in [-0.3, -0.25) is 0 Å². The van der Waals surface area contributed by atoms with Gasteiger partial charge in [-0.1, -0.05) is 12.8 Å². The Labute approximate surface area is 113 Å². The molecule has 0 bridgehead atoms. The molecule has 2 rings (SSSR count). The molecule has 0 radical (unpaired) electrons. The fraction of sp³-hybridized carbons (Fsp3) is 0.692. The van der Waals surface area contributed by atoms with Gasteiger partial charge in [-0.25, -0.2) is 9.97 Å². The van der Waals surface area contributed by atoms with Gasteiger partial charge >= 0.3 is 0 Å². The number of hydrogen-bond donors (Lipinski definition) is 2. The normalized spacial score (nSPS) is 15.5. The van der Waals surface area contributed by atoms with Gasteiger partial charge in [0.25, 0.3) is 0 Å². The molecule has 1 fully saturated rings. The number of nitrogens with zero attached hydrogens (tertiary/aromatic N) is 3. The molecule has 1 aromatic rings. The molecule has 6 heteroatoms. The summed E-state index contributed by atoms with van der Waals surface area (Å²) in [5, 5.41) is 12.3. The number of rotatable bonds is 6. The van der Waals surface area contributed by atoms with E-state index in [1.54, 1.807) is 14.2 Å². The first-order valence-electron chi connectivity index (χ1n) is 6.76. The van der Waals surface area contributed by atoms with Crippen LogP contribution in [-0.4, -0.2) is 48.4 Å². The van der Waals surface area contributed by atoms with Crippen molar-refractivity contribution >= 4 is 11.6 Å². The van der Waals surface area contributed by atoms with Crippen LogP contribution in [-0.2, 0) is 0 Å². The highest BCUT2D eigenvalue weighted by Gasteiger charge is 2.26. The summed E-state index contributed by atoms with van der Waals surface area (Å²) in [6.45, 7) is 0.680. The molecule has 1 aliphatic rings. The molecule has 0 amide bonds. The van der Waals surface area contributed by atoms with Crippen LogP contribution in [0.4, 0.5) is 11.6 Å². The molecule has 1 saturated carbocycles. The number of hydrogen-bond acceptors (Lipinski definition) is 6. The lowest BCUT2D eigenvalue weighted by Gasteiger charge is -2.30. The summed E-state index contributed by atoms with van der Waals surface area (Å²) in [6.07, 6.45) is 6.28. The first kappa shape index (κ1) is 13.9. The third kappa shape index (κ3) is 2.89. The topological polar surface area (TPSA) is 70.5 Å². The van der Waals surface area contributed by atoms with E-state index in [4.69, 9.17) is 4.74 Å². The molecule has 0 aromatic carbocycles. The molecule has 0 unspecified atom stereocenters. The molecular weight excluding hydrogens is 244 g/mol. The van der Waals surface area contributed by atoms with Crippen LogP contribution in [0.15, 0.2) is 6.33 Å². The molecule has 1 aromatic heterocycles. The van der Waals surface area contributed by atoms with Crippen LogP contribution in [0.5, 0.6) is 5.75 Å². The van der Waals surface area contributed by atoms with E-state index in [-0.39, 0.29) is 6.61 Å². The second-order valence-corrected chi connectivity index (χ2v) is 4.68. The van der Waals surface area contributed by atoms with Crippen molar-refractivity contribution in [3.05, 3.63) is 6.33 Å². The summed E-state index contributed by atoms with van der Waals surface area (Å²) in [6, 6.07) is 0.431. The second kappa shape index (κ2) is 6.56. The number of nitrogens with one attached hydrogen (secondary N) is 1. The Morgan fingerprint density at radius 1 is 1.42 bits per heavy atom. The maximum atomic E-state index is 9.31. The van der Waals surface area contributed by atoms with Crippen LogP contribution in [0.3, 0.4) is 0 Å². The summed E-state index contributed by atoms with van der Waals surface area (Å²) in [5.74, 6) is 2.08. The maximum Gasteiger partial charge on any atom is 0.204 e. The highest BCUT2D eigenvalue weighted by molar-refractivity contribution is 5.65. The highest BCUT2D eigenvalue weighted by Crippen LogP contribution is 2.35. The molecule has 0 atom stereocenters. The van der Waals surface area contributed by atoms with Gasteiger partial charge in [0.1, 0.15) is 6.33 Å². The number of ether oxygens (including phenoxy) is 1. The van der Waals surface area contributed by atoms with Gasteiger partial charge < -0.3 is 20.1 Å². The van der Waals surface area contributed by atoms with Crippen molar-refractivity contribution in [2.45, 2.75) is 31.7 Å². The summed E-state index contributed by atoms with van der Waals surface area (Å²) in [4.78, 5) is 10.7. The molecule has 1 aliphatic carbocycles. The Bertz CT molecular complexity index is 408. The van der Waals surface area contributed by atoms with Crippen LogP contribution >= 0.6 is 0 Å². The fourth-order valence-corrected chi connectivity index (χ4v) is 2.72. The Morgan fingerprint density at radius 3 is 2.74 bits per heavy atom. The predicted octanol–water partition coefficient (Wildman–Crippen LogP) is 1.27. The molecular formula is C13H22N4O2. The lowest BCUT2D eigenvalue weighted by Crippen LogP contribution is -2.36. The zero-order valence-corrected chi connectivity index (χ0v) is 11.6. The SMILES string of the molecule is CNc1ncnc(N(CCO)C2CCCC2)c1OC. The standard InChI is InChI=1S/C13H22N4O2/c1-14-12-11(19-2)13(16-9-15-12)17(7-8-18)10-5-3-4-6-10/h9-10,18H,3-8H2,1-2H3,(H,14,15,16). The Kier molecular flexibility index (Phi) is 4.79. The molecule has 2 N–H and O–H groups in total. The van der Waals surface area contributed by atoms with E-state index < -0.39 is 0 Å². The average Bonchev–Trinajstić information content (AvgIpc) is 2.97. The van der Waals surface area contributed by atoms with E-state index in [1.807, 2.05) is 0 Å². The molecule has 0 spiro atoms. The lowest BCUT2D eigenvalue weighted by atomic mass is 10.2. The van der Waals surface area contributed by atoms with E-state index >= 15 is 0 Å². The van der Waals surface area contributed by atoms with Crippen molar-refractivity contribution < 1.29 is 9.84 Å². The van der Waals surface area contributed by atoms with Gasteiger partial charge in [0, 0.05) is 19.6 Å². The van der Waals surface area contributed by atoms with Crippen molar-refractivity contribution in [3.63, 3.8) is 0 Å². The summed E-state index contributed by atoms with van der Waals surface area (Å²) < 4.78 is 5.44. The molecule has 106 valence electrons. The first-order valence-corrected chi connectivity index (χ1v) is 6.76. The van der Waals surface area contributed by atoms with E-state index in [9.17, 15) is 5.11 Å². The third-order valence-corrected chi connectivity index (χ3v) is 3.60. The second-order valence-electron chi connectivity index (χ2n) is 4.68. The maximum absolute atomic E-state index is 9.31. The van der Waals surface area contributed by atoms with Gasteiger partial charge in [0.05, 0.1) is 13.7 Å². The molecule has 0 aliphatic heterocycles. The largest absolute Gasteiger partial charge is 0.490 e. The number of aromatic nitrogens is 2. The van der Waals surface area contributed by atoms with Crippen molar-refractivity contribution in [3.8, 4) is 5.75 Å². The van der Waals surface area contributed by atoms with Gasteiger partial charge in [0.15, 0.2) is 11.6 Å².